The van der Waals surface area contributed by atoms with Crippen LogP contribution in [-0.4, -0.2) is 48.0 Å². The summed E-state index contributed by atoms with van der Waals surface area (Å²) in [6.45, 7) is 7.90. The molecule has 0 bridgehead atoms. The normalized spacial score (nSPS) is 28.2. The zero-order chi connectivity index (χ0) is 16.4. The largest absolute Gasteiger partial charge is 0.356 e. The van der Waals surface area contributed by atoms with Gasteiger partial charge in [-0.2, -0.15) is 0 Å². The predicted molar refractivity (Wildman–Crippen MR) is 92.5 cm³/mol. The molecular weight excluding hydrogens is 288 g/mol. The molecule has 5 heteroatoms. The van der Waals surface area contributed by atoms with Crippen LogP contribution in [-0.2, 0) is 0 Å². The first-order valence-corrected chi connectivity index (χ1v) is 8.80. The highest BCUT2D eigenvalue weighted by atomic mass is 16.2. The van der Waals surface area contributed by atoms with E-state index >= 15 is 0 Å². The molecule has 1 amide bonds. The van der Waals surface area contributed by atoms with Gasteiger partial charge in [-0.05, 0) is 43.2 Å². The van der Waals surface area contributed by atoms with Crippen molar-refractivity contribution in [2.24, 2.45) is 17.6 Å². The zero-order valence-corrected chi connectivity index (χ0v) is 14.2. The number of pyridine rings is 1. The second-order valence-corrected chi connectivity index (χ2v) is 7.26. The van der Waals surface area contributed by atoms with Gasteiger partial charge >= 0.3 is 0 Å². The summed E-state index contributed by atoms with van der Waals surface area (Å²) in [5, 5.41) is 0. The van der Waals surface area contributed by atoms with Crippen LogP contribution in [0.25, 0.3) is 0 Å². The lowest BCUT2D eigenvalue weighted by Gasteiger charge is -2.38. The lowest BCUT2D eigenvalue weighted by atomic mass is 9.92. The lowest BCUT2D eigenvalue weighted by molar-refractivity contribution is 0.0573. The Balaban J connectivity index is 1.77. The molecule has 126 valence electrons. The Hall–Kier alpha value is -1.62. The monoisotopic (exact) mass is 316 g/mol. The maximum Gasteiger partial charge on any atom is 0.254 e. The molecule has 0 saturated carbocycles. The molecular formula is C18H28N4O. The third-order valence-electron chi connectivity index (χ3n) is 5.25. The van der Waals surface area contributed by atoms with E-state index in [9.17, 15) is 4.79 Å². The Bertz CT molecular complexity index is 562. The minimum Gasteiger partial charge on any atom is -0.356 e. The third-order valence-corrected chi connectivity index (χ3v) is 5.25. The topological polar surface area (TPSA) is 62.5 Å². The molecule has 3 atom stereocenters. The molecule has 2 aliphatic heterocycles. The Morgan fingerprint density at radius 3 is 2.78 bits per heavy atom. The van der Waals surface area contributed by atoms with Crippen LogP contribution in [0, 0.1) is 11.8 Å². The fraction of sp³-hybridized carbons (Fsp3) is 0.667. The van der Waals surface area contributed by atoms with E-state index in [1.807, 2.05) is 17.0 Å². The smallest absolute Gasteiger partial charge is 0.254 e. The number of nitrogens with two attached hydrogens (primary N) is 1. The summed E-state index contributed by atoms with van der Waals surface area (Å²) in [7, 11) is 0. The zero-order valence-electron chi connectivity index (χ0n) is 14.2. The molecule has 23 heavy (non-hydrogen) atoms. The van der Waals surface area contributed by atoms with Crippen LogP contribution in [0.3, 0.4) is 0 Å². The SMILES string of the molecule is CC1CCN(C(=O)c2ccnc(N3CCC(C)C3)c2)C(CN)C1. The van der Waals surface area contributed by atoms with Gasteiger partial charge in [-0.1, -0.05) is 13.8 Å². The molecule has 0 aromatic carbocycles. The number of aromatic nitrogens is 1. The molecule has 1 aromatic heterocycles. The average molecular weight is 316 g/mol. The van der Waals surface area contributed by atoms with Gasteiger partial charge in [-0.25, -0.2) is 4.98 Å². The van der Waals surface area contributed by atoms with E-state index < -0.39 is 0 Å². The molecule has 1 aromatic rings. The van der Waals surface area contributed by atoms with Gasteiger partial charge in [0.25, 0.3) is 5.91 Å². The Morgan fingerprint density at radius 1 is 1.30 bits per heavy atom. The summed E-state index contributed by atoms with van der Waals surface area (Å²) in [6, 6.07) is 3.94. The Labute approximate surface area is 138 Å². The standard InChI is InChI=1S/C18H28N4O/c1-13-5-8-22(16(9-13)11-19)18(23)15-3-6-20-17(10-15)21-7-4-14(2)12-21/h3,6,10,13-14,16H,4-5,7-9,11-12,19H2,1-2H3. The van der Waals surface area contributed by atoms with E-state index in [1.54, 1.807) is 6.20 Å². The predicted octanol–water partition coefficient (Wildman–Crippen LogP) is 2.13. The van der Waals surface area contributed by atoms with Gasteiger partial charge in [0, 0.05) is 44.0 Å². The summed E-state index contributed by atoms with van der Waals surface area (Å²) >= 11 is 0. The third kappa shape index (κ3) is 3.50. The fourth-order valence-corrected chi connectivity index (χ4v) is 3.78. The van der Waals surface area contributed by atoms with Crippen molar-refractivity contribution in [1.29, 1.82) is 0 Å². The van der Waals surface area contributed by atoms with Crippen LogP contribution in [0.1, 0.15) is 43.5 Å². The molecule has 3 heterocycles. The van der Waals surface area contributed by atoms with E-state index in [1.165, 1.54) is 6.42 Å². The first-order valence-electron chi connectivity index (χ1n) is 8.80. The van der Waals surface area contributed by atoms with Crippen LogP contribution in [0.15, 0.2) is 18.3 Å². The van der Waals surface area contributed by atoms with Crippen molar-refractivity contribution in [3.63, 3.8) is 0 Å². The minimum atomic E-state index is 0.100. The minimum absolute atomic E-state index is 0.100. The highest BCUT2D eigenvalue weighted by Crippen LogP contribution is 2.26. The van der Waals surface area contributed by atoms with Crippen molar-refractivity contribution in [3.05, 3.63) is 23.9 Å². The summed E-state index contributed by atoms with van der Waals surface area (Å²) in [6.07, 6.45) is 5.02. The van der Waals surface area contributed by atoms with Crippen molar-refractivity contribution in [2.45, 2.75) is 39.2 Å². The van der Waals surface area contributed by atoms with Gasteiger partial charge in [0.2, 0.25) is 0 Å². The van der Waals surface area contributed by atoms with Crippen molar-refractivity contribution in [1.82, 2.24) is 9.88 Å². The van der Waals surface area contributed by atoms with E-state index in [0.717, 1.165) is 43.9 Å². The van der Waals surface area contributed by atoms with Gasteiger partial charge in [-0.3, -0.25) is 4.79 Å². The molecule has 2 aliphatic rings. The second kappa shape index (κ2) is 6.87. The lowest BCUT2D eigenvalue weighted by Crippen LogP contribution is -2.49. The van der Waals surface area contributed by atoms with E-state index in [2.05, 4.69) is 23.7 Å². The number of amides is 1. The van der Waals surface area contributed by atoms with Gasteiger partial charge in [0.15, 0.2) is 0 Å². The number of hydrogen-bond donors (Lipinski definition) is 1. The number of piperidine rings is 1. The summed E-state index contributed by atoms with van der Waals surface area (Å²) in [4.78, 5) is 21.6. The molecule has 3 unspecified atom stereocenters. The highest BCUT2D eigenvalue weighted by molar-refractivity contribution is 5.95. The fourth-order valence-electron chi connectivity index (χ4n) is 3.78. The number of hydrogen-bond acceptors (Lipinski definition) is 4. The Morgan fingerprint density at radius 2 is 2.09 bits per heavy atom. The van der Waals surface area contributed by atoms with Crippen molar-refractivity contribution < 1.29 is 4.79 Å². The first kappa shape index (κ1) is 16.2. The number of nitrogens with zero attached hydrogens (tertiary/aromatic N) is 3. The average Bonchev–Trinajstić information content (AvgIpc) is 3.01. The first-order chi connectivity index (χ1) is 11.1. The highest BCUT2D eigenvalue weighted by Gasteiger charge is 2.30. The molecule has 0 spiro atoms. The molecule has 0 aliphatic carbocycles. The summed E-state index contributed by atoms with van der Waals surface area (Å²) in [5.74, 6) is 2.37. The summed E-state index contributed by atoms with van der Waals surface area (Å²) in [5.41, 5.74) is 6.64. The quantitative estimate of drug-likeness (QED) is 0.928. The van der Waals surface area contributed by atoms with Crippen molar-refractivity contribution >= 4 is 11.7 Å². The maximum absolute atomic E-state index is 12.9. The molecule has 3 rings (SSSR count). The van der Waals surface area contributed by atoms with E-state index in [4.69, 9.17) is 5.73 Å². The van der Waals surface area contributed by atoms with E-state index in [0.29, 0.717) is 18.4 Å². The number of carbonyl (C=O) groups is 1. The molecule has 2 fully saturated rings. The van der Waals surface area contributed by atoms with Crippen LogP contribution in [0.5, 0.6) is 0 Å². The number of anilines is 1. The van der Waals surface area contributed by atoms with Crippen molar-refractivity contribution in [2.75, 3.05) is 31.1 Å². The van der Waals surface area contributed by atoms with Gasteiger partial charge < -0.3 is 15.5 Å². The maximum atomic E-state index is 12.9. The second-order valence-electron chi connectivity index (χ2n) is 7.26. The number of carbonyl (C=O) groups excluding carboxylic acids is 1. The molecule has 2 saturated heterocycles. The van der Waals surface area contributed by atoms with Gasteiger partial charge in [0.1, 0.15) is 5.82 Å². The number of rotatable bonds is 3. The molecule has 2 N–H and O–H groups in total. The van der Waals surface area contributed by atoms with Crippen LogP contribution in [0.4, 0.5) is 5.82 Å². The molecule has 0 radical (unpaired) electrons. The van der Waals surface area contributed by atoms with Crippen LogP contribution in [0.2, 0.25) is 0 Å². The van der Waals surface area contributed by atoms with E-state index in [-0.39, 0.29) is 11.9 Å². The van der Waals surface area contributed by atoms with Crippen LogP contribution < -0.4 is 10.6 Å². The van der Waals surface area contributed by atoms with Crippen LogP contribution >= 0.6 is 0 Å². The summed E-state index contributed by atoms with van der Waals surface area (Å²) < 4.78 is 0. The molecule has 5 nitrogen and oxygen atoms in total. The Kier molecular flexibility index (Phi) is 4.85. The van der Waals surface area contributed by atoms with Gasteiger partial charge in [-0.15, -0.1) is 0 Å². The van der Waals surface area contributed by atoms with Gasteiger partial charge in [0.05, 0.1) is 0 Å². The number of likely N-dealkylation sites (tertiary alicyclic amines) is 1. The van der Waals surface area contributed by atoms with Crippen molar-refractivity contribution in [3.8, 4) is 0 Å².